The van der Waals surface area contributed by atoms with E-state index < -0.39 is 23.2 Å². The second-order valence-corrected chi connectivity index (χ2v) is 4.37. The molecule has 1 unspecified atom stereocenters. The highest BCUT2D eigenvalue weighted by molar-refractivity contribution is 5.97. The van der Waals surface area contributed by atoms with E-state index in [4.69, 9.17) is 10.9 Å². The lowest BCUT2D eigenvalue weighted by molar-refractivity contribution is 0.244. The first kappa shape index (κ1) is 15.7. The van der Waals surface area contributed by atoms with Crippen molar-refractivity contribution in [1.82, 2.24) is 5.32 Å². The van der Waals surface area contributed by atoms with Crippen LogP contribution in [-0.4, -0.2) is 22.6 Å². The van der Waals surface area contributed by atoms with Crippen molar-refractivity contribution in [2.45, 2.75) is 25.8 Å². The van der Waals surface area contributed by atoms with Crippen LogP contribution in [0.25, 0.3) is 0 Å². The van der Waals surface area contributed by atoms with Gasteiger partial charge in [0.1, 0.15) is 11.6 Å². The van der Waals surface area contributed by atoms with Crippen LogP contribution in [0, 0.1) is 11.6 Å². The van der Waals surface area contributed by atoms with E-state index in [1.54, 1.807) is 13.8 Å². The van der Waals surface area contributed by atoms with E-state index in [0.717, 1.165) is 12.1 Å². The molecule has 1 rings (SSSR count). The maximum Gasteiger partial charge on any atom is 0.320 e. The van der Waals surface area contributed by atoms with Gasteiger partial charge in [-0.2, -0.15) is 0 Å². The fourth-order valence-corrected chi connectivity index (χ4v) is 1.44. The molecular formula is C12H16F2N4O2. The molecule has 0 aliphatic heterocycles. The molecule has 0 fully saturated rings. The number of rotatable bonds is 4. The van der Waals surface area contributed by atoms with E-state index in [1.807, 2.05) is 0 Å². The summed E-state index contributed by atoms with van der Waals surface area (Å²) in [6, 6.07) is 2.00. The zero-order valence-corrected chi connectivity index (χ0v) is 11.1. The van der Waals surface area contributed by atoms with Crippen LogP contribution in [0.1, 0.15) is 20.3 Å². The molecule has 2 amide bonds. The van der Waals surface area contributed by atoms with E-state index in [0.29, 0.717) is 12.5 Å². The number of hydrogen-bond donors (Lipinski definition) is 4. The summed E-state index contributed by atoms with van der Waals surface area (Å²) in [6.07, 6.45) is 0.349. The summed E-state index contributed by atoms with van der Waals surface area (Å²) in [6.45, 7) is 3.26. The van der Waals surface area contributed by atoms with Crippen molar-refractivity contribution in [3.05, 3.63) is 29.8 Å². The number of anilines is 1. The third-order valence-corrected chi connectivity index (χ3v) is 2.95. The number of carbonyl (C=O) groups is 1. The Labute approximate surface area is 114 Å². The molecule has 6 nitrogen and oxygen atoms in total. The van der Waals surface area contributed by atoms with Crippen molar-refractivity contribution in [1.29, 1.82) is 0 Å². The first-order valence-corrected chi connectivity index (χ1v) is 5.84. The van der Waals surface area contributed by atoms with Crippen LogP contribution >= 0.6 is 0 Å². The first-order valence-electron chi connectivity index (χ1n) is 5.84. The largest absolute Gasteiger partial charge is 0.409 e. The predicted octanol–water partition coefficient (Wildman–Crippen LogP) is 2.00. The van der Waals surface area contributed by atoms with Gasteiger partial charge >= 0.3 is 6.03 Å². The molecule has 1 aromatic carbocycles. The van der Waals surface area contributed by atoms with Crippen LogP contribution in [0.3, 0.4) is 0 Å². The number of amidine groups is 1. The van der Waals surface area contributed by atoms with Crippen molar-refractivity contribution < 1.29 is 18.8 Å². The second-order valence-electron chi connectivity index (χ2n) is 4.37. The molecule has 110 valence electrons. The quantitative estimate of drug-likeness (QED) is 0.295. The fraction of sp³-hybridized carbons (Fsp3) is 0.333. The van der Waals surface area contributed by atoms with Crippen LogP contribution in [0.15, 0.2) is 23.4 Å². The van der Waals surface area contributed by atoms with Crippen LogP contribution in [-0.2, 0) is 0 Å². The molecule has 0 saturated heterocycles. The number of nitrogens with two attached hydrogens (primary N) is 1. The number of oxime groups is 1. The Morgan fingerprint density at radius 2 is 2.15 bits per heavy atom. The van der Waals surface area contributed by atoms with Gasteiger partial charge in [-0.05, 0) is 25.5 Å². The molecule has 0 heterocycles. The summed E-state index contributed by atoms with van der Waals surface area (Å²) in [5.41, 5.74) is 4.22. The van der Waals surface area contributed by atoms with Crippen LogP contribution in [0.2, 0.25) is 0 Å². The highest BCUT2D eigenvalue weighted by Crippen LogP contribution is 2.16. The summed E-state index contributed by atoms with van der Waals surface area (Å²) in [5, 5.41) is 16.2. The maximum atomic E-state index is 13.4. The second kappa shape index (κ2) is 6.18. The normalized spacial score (nSPS) is 14.5. The monoisotopic (exact) mass is 286 g/mol. The summed E-state index contributed by atoms with van der Waals surface area (Å²) >= 11 is 0. The van der Waals surface area contributed by atoms with Gasteiger partial charge in [0.25, 0.3) is 0 Å². The van der Waals surface area contributed by atoms with Crippen LogP contribution < -0.4 is 16.4 Å². The number of hydrogen-bond acceptors (Lipinski definition) is 3. The van der Waals surface area contributed by atoms with Crippen molar-refractivity contribution in [2.75, 3.05) is 5.32 Å². The third kappa shape index (κ3) is 3.56. The molecule has 0 saturated carbocycles. The van der Waals surface area contributed by atoms with Crippen molar-refractivity contribution >= 4 is 17.6 Å². The van der Waals surface area contributed by atoms with Crippen LogP contribution in [0.5, 0.6) is 0 Å². The topological polar surface area (TPSA) is 99.7 Å². The average Bonchev–Trinajstić information content (AvgIpc) is 2.40. The number of carbonyl (C=O) groups excluding carboxylic acids is 1. The zero-order chi connectivity index (χ0) is 15.3. The summed E-state index contributed by atoms with van der Waals surface area (Å²) in [5.74, 6) is -1.83. The highest BCUT2D eigenvalue weighted by atomic mass is 19.1. The van der Waals surface area contributed by atoms with Gasteiger partial charge in [-0.25, -0.2) is 13.6 Å². The minimum absolute atomic E-state index is 0.179. The van der Waals surface area contributed by atoms with Gasteiger partial charge in [-0.15, -0.1) is 0 Å². The maximum absolute atomic E-state index is 13.4. The Balaban J connectivity index is 2.81. The molecule has 0 aliphatic rings. The Kier molecular flexibility index (Phi) is 4.84. The summed E-state index contributed by atoms with van der Waals surface area (Å²) < 4.78 is 26.1. The van der Waals surface area contributed by atoms with E-state index in [9.17, 15) is 13.6 Å². The fourth-order valence-electron chi connectivity index (χ4n) is 1.44. The van der Waals surface area contributed by atoms with Crippen molar-refractivity contribution in [2.24, 2.45) is 10.9 Å². The van der Waals surface area contributed by atoms with Crippen molar-refractivity contribution in [3.8, 4) is 0 Å². The molecule has 1 atom stereocenters. The molecule has 0 bridgehead atoms. The SMILES string of the molecule is CCC(C)(NC(=O)Nc1ccc(F)cc1F)/C(N)=N/O. The Bertz CT molecular complexity index is 536. The highest BCUT2D eigenvalue weighted by Gasteiger charge is 2.29. The lowest BCUT2D eigenvalue weighted by Crippen LogP contribution is -2.56. The first-order chi connectivity index (χ1) is 9.32. The van der Waals surface area contributed by atoms with E-state index in [2.05, 4.69) is 15.8 Å². The standard InChI is InChI=1S/C12H16F2N4O2/c1-3-12(2,10(15)18-20)17-11(19)16-9-5-4-7(13)6-8(9)14/h4-6,20H,3H2,1-2H3,(H2,15,18)(H2,16,17,19). The number of nitrogens with zero attached hydrogens (tertiary/aromatic N) is 1. The molecule has 0 aliphatic carbocycles. The van der Waals surface area contributed by atoms with Gasteiger partial charge in [0, 0.05) is 6.07 Å². The molecule has 1 aromatic rings. The van der Waals surface area contributed by atoms with Gasteiger partial charge in [0.15, 0.2) is 5.84 Å². The molecule has 20 heavy (non-hydrogen) atoms. The van der Waals surface area contributed by atoms with Gasteiger partial charge in [-0.3, -0.25) is 0 Å². The van der Waals surface area contributed by atoms with Gasteiger partial charge in [0.05, 0.1) is 11.2 Å². The van der Waals surface area contributed by atoms with E-state index in [1.165, 1.54) is 0 Å². The van der Waals surface area contributed by atoms with Gasteiger partial charge in [0.2, 0.25) is 0 Å². The minimum Gasteiger partial charge on any atom is -0.409 e. The van der Waals surface area contributed by atoms with Gasteiger partial charge in [-0.1, -0.05) is 12.1 Å². The lowest BCUT2D eigenvalue weighted by Gasteiger charge is -2.28. The number of nitrogens with one attached hydrogen (secondary N) is 2. The Hall–Kier alpha value is -2.38. The third-order valence-electron chi connectivity index (χ3n) is 2.95. The minimum atomic E-state index is -1.09. The number of halogens is 2. The summed E-state index contributed by atoms with van der Waals surface area (Å²) in [7, 11) is 0. The number of urea groups is 1. The molecular weight excluding hydrogens is 270 g/mol. The summed E-state index contributed by atoms with van der Waals surface area (Å²) in [4.78, 5) is 11.8. The molecule has 5 N–H and O–H groups in total. The van der Waals surface area contributed by atoms with Crippen molar-refractivity contribution in [3.63, 3.8) is 0 Å². The van der Waals surface area contributed by atoms with Crippen LogP contribution in [0.4, 0.5) is 19.3 Å². The average molecular weight is 286 g/mol. The number of amides is 2. The molecule has 0 radical (unpaired) electrons. The van der Waals surface area contributed by atoms with E-state index >= 15 is 0 Å². The molecule has 0 aromatic heterocycles. The Morgan fingerprint density at radius 1 is 1.50 bits per heavy atom. The number of benzene rings is 1. The predicted molar refractivity (Wildman–Crippen MR) is 70.6 cm³/mol. The van der Waals surface area contributed by atoms with E-state index in [-0.39, 0.29) is 11.5 Å². The Morgan fingerprint density at radius 3 is 2.65 bits per heavy atom. The molecule has 8 heteroatoms. The molecule has 0 spiro atoms. The zero-order valence-electron chi connectivity index (χ0n) is 11.1. The van der Waals surface area contributed by atoms with Gasteiger partial charge < -0.3 is 21.6 Å². The lowest BCUT2D eigenvalue weighted by atomic mass is 9.98. The smallest absolute Gasteiger partial charge is 0.320 e.